The van der Waals surface area contributed by atoms with Crippen LogP contribution in [0.15, 0.2) is 60.5 Å². The minimum Gasteiger partial charge on any atom is -0.396 e. The van der Waals surface area contributed by atoms with Gasteiger partial charge in [-0.15, -0.1) is 0 Å². The molecule has 0 amide bonds. The molecule has 0 saturated carbocycles. The van der Waals surface area contributed by atoms with Gasteiger partial charge in [0, 0.05) is 52.1 Å². The fourth-order valence-electron chi connectivity index (χ4n) is 3.00. The molecule has 0 saturated heterocycles. The molecule has 3 nitrogen and oxygen atoms in total. The van der Waals surface area contributed by atoms with Crippen LogP contribution < -0.4 is 0 Å². The maximum atomic E-state index is 9.00. The van der Waals surface area contributed by atoms with Gasteiger partial charge in [-0.1, -0.05) is 139 Å². The van der Waals surface area contributed by atoms with Gasteiger partial charge in [-0.2, -0.15) is 0 Å². The molecular formula is C39H68O3Si. The number of hydrogen-bond donors (Lipinski definition) is 1. The van der Waals surface area contributed by atoms with E-state index in [0.29, 0.717) is 31.7 Å². The Hall–Kier alpha value is -1.46. The van der Waals surface area contributed by atoms with Crippen molar-refractivity contribution in [3.8, 4) is 0 Å². The van der Waals surface area contributed by atoms with Crippen LogP contribution in [0, 0.1) is 0 Å². The monoisotopic (exact) mass is 639 g/mol. The van der Waals surface area contributed by atoms with E-state index < -0.39 is 108 Å². The molecule has 0 bridgehead atoms. The molecule has 246 valence electrons. The Kier molecular flexibility index (Phi) is 8.99. The van der Waals surface area contributed by atoms with Gasteiger partial charge in [0.2, 0.25) is 0 Å². The first kappa shape index (κ1) is 15.0. The highest BCUT2D eigenvalue weighted by atomic mass is 28.3. The fourth-order valence-corrected chi connectivity index (χ4v) is 4.33. The number of benzene rings is 2. The Morgan fingerprint density at radius 1 is 0.651 bits per heavy atom. The van der Waals surface area contributed by atoms with Crippen molar-refractivity contribution in [1.82, 2.24) is 0 Å². The van der Waals surface area contributed by atoms with Gasteiger partial charge < -0.3 is 14.6 Å². The zero-order chi connectivity index (χ0) is 54.6. The first-order chi connectivity index (χ1) is 30.5. The van der Waals surface area contributed by atoms with Gasteiger partial charge in [0.05, 0.1) is 24.5 Å². The molecule has 1 N–H and O–H groups in total. The zero-order valence-electron chi connectivity index (χ0n) is 52.4. The highest BCUT2D eigenvalue weighted by molar-refractivity contribution is 6.80. The van der Waals surface area contributed by atoms with E-state index in [1.807, 2.05) is 0 Å². The van der Waals surface area contributed by atoms with E-state index in [2.05, 4.69) is 33.9 Å². The summed E-state index contributed by atoms with van der Waals surface area (Å²) in [4.78, 5) is 0. The highest BCUT2D eigenvalue weighted by Gasteiger charge is 2.33. The van der Waals surface area contributed by atoms with Gasteiger partial charge in [0.1, 0.15) is 0 Å². The third kappa shape index (κ3) is 22.7. The van der Waals surface area contributed by atoms with Gasteiger partial charge in [-0.3, -0.25) is 0 Å². The average Bonchev–Trinajstić information content (AvgIpc) is 3.11. The molecule has 2 aromatic carbocycles. The molecule has 2 aromatic rings. The predicted molar refractivity (Wildman–Crippen MR) is 191 cm³/mol. The third-order valence-electron chi connectivity index (χ3n) is 6.68. The largest absolute Gasteiger partial charge is 0.396 e. The van der Waals surface area contributed by atoms with E-state index in [-0.39, 0.29) is 56.0 Å². The summed E-state index contributed by atoms with van der Waals surface area (Å²) >= 11 is 0. The quantitative estimate of drug-likeness (QED) is 0.0918. The van der Waals surface area contributed by atoms with Gasteiger partial charge in [0.25, 0.3) is 0 Å². The second kappa shape index (κ2) is 25.8. The van der Waals surface area contributed by atoms with Gasteiger partial charge >= 0.3 is 0 Å². The van der Waals surface area contributed by atoms with Crippen LogP contribution in [-0.4, -0.2) is 46.1 Å². The second-order valence-electron chi connectivity index (χ2n) is 11.2. The summed E-state index contributed by atoms with van der Waals surface area (Å²) in [6, 6.07) is 0.940. The van der Waals surface area contributed by atoms with Crippen LogP contribution in [0.25, 0.3) is 0 Å². The van der Waals surface area contributed by atoms with E-state index in [9.17, 15) is 0 Å². The van der Waals surface area contributed by atoms with Gasteiger partial charge in [-0.25, -0.2) is 0 Å². The lowest BCUT2D eigenvalue weighted by atomic mass is 10.1. The molecule has 0 aliphatic rings. The van der Waals surface area contributed by atoms with Crippen molar-refractivity contribution < 1.29 is 50.2 Å². The van der Waals surface area contributed by atoms with Crippen LogP contribution in [0.5, 0.6) is 0 Å². The molecule has 4 heteroatoms. The molecule has 0 aromatic heterocycles. The van der Waals surface area contributed by atoms with E-state index in [4.69, 9.17) is 50.2 Å². The van der Waals surface area contributed by atoms with Crippen molar-refractivity contribution in [3.63, 3.8) is 0 Å². The molecule has 0 atom stereocenters. The van der Waals surface area contributed by atoms with Crippen LogP contribution in [0.4, 0.5) is 0 Å². The van der Waals surface area contributed by atoms with Gasteiger partial charge in [-0.05, 0) is 73.7 Å². The maximum absolute atomic E-state index is 9.00. The molecule has 0 aliphatic carbocycles. The topological polar surface area (TPSA) is 38.7 Å². The number of rotatable bonds is 24. The molecule has 0 aliphatic heterocycles. The lowest BCUT2D eigenvalue weighted by Gasteiger charge is -2.37. The van der Waals surface area contributed by atoms with Crippen LogP contribution >= 0.6 is 0 Å². The van der Waals surface area contributed by atoms with E-state index in [1.54, 1.807) is 0 Å². The van der Waals surface area contributed by atoms with Crippen LogP contribution in [0.3, 0.4) is 0 Å². The second-order valence-corrected chi connectivity index (χ2v) is 16.9. The number of ether oxygens (including phenoxy) is 2. The molecule has 0 radical (unpaired) electrons. The molecule has 0 unspecified atom stereocenters. The first-order valence-electron chi connectivity index (χ1n) is 27.7. The Balaban J connectivity index is 0.000000704. The van der Waals surface area contributed by atoms with Crippen LogP contribution in [-0.2, 0) is 22.2 Å². The van der Waals surface area contributed by atoms with Crippen LogP contribution in [0.1, 0.15) is 151 Å². The van der Waals surface area contributed by atoms with E-state index >= 15 is 0 Å². The lowest BCUT2D eigenvalue weighted by Crippen LogP contribution is -2.36. The molecule has 0 fully saturated rings. The highest BCUT2D eigenvalue weighted by Crippen LogP contribution is 2.39. The van der Waals surface area contributed by atoms with Crippen molar-refractivity contribution in [2.45, 2.75) is 141 Å². The maximum Gasteiger partial charge on any atom is 0.0626 e. The predicted octanol–water partition coefficient (Wildman–Crippen LogP) is 11.1. The van der Waals surface area contributed by atoms with Crippen molar-refractivity contribution in [2.75, 3.05) is 32.9 Å². The molecular weight excluding hydrogens is 545 g/mol. The Bertz CT molecular complexity index is 1950. The SMILES string of the molecule is [2H]c1cc([2H])c(C([2H])([2H])C([2H])([2H])C([2H])([2H])C([2H])([2H])OCCCCCC([2H])([2H])C[Si](C)(C)C(C)(C)C)c([2H])c1.[2H]c1cc([2H])c(C([2H])([2H])C([2H])([2H])C([2H])([2H])C([2H])([2H])OCCCCCC([2H])([2H])O)c([2H])c1. The van der Waals surface area contributed by atoms with Crippen molar-refractivity contribution >= 4 is 8.07 Å². The third-order valence-corrected chi connectivity index (χ3v) is 11.9. The smallest absolute Gasteiger partial charge is 0.0626 e. The number of aliphatic hydroxyl groups is 1. The normalized spacial score (nSPS) is 24.0. The summed E-state index contributed by atoms with van der Waals surface area (Å²) in [5, 5.41) is 9.07. The number of unbranched alkanes of at least 4 members (excludes halogenated alkanes) is 4. The van der Waals surface area contributed by atoms with Crippen molar-refractivity contribution in [3.05, 3.63) is 71.6 Å². The summed E-state index contributed by atoms with van der Waals surface area (Å²) in [6.07, 6.45) is -19.9. The Morgan fingerprint density at radius 3 is 1.53 bits per heavy atom. The Morgan fingerprint density at radius 2 is 1.09 bits per heavy atom. The lowest BCUT2D eigenvalue weighted by molar-refractivity contribution is 0.126. The zero-order valence-corrected chi connectivity index (χ0v) is 27.4. The number of hydrogen-bond acceptors (Lipinski definition) is 3. The van der Waals surface area contributed by atoms with E-state index in [0.717, 1.165) is 24.3 Å². The molecule has 0 heterocycles. The molecule has 43 heavy (non-hydrogen) atoms. The molecule has 2 rings (SSSR count). The minimum atomic E-state index is -3.58. The summed E-state index contributed by atoms with van der Waals surface area (Å²) < 4.78 is 217. The van der Waals surface area contributed by atoms with Gasteiger partial charge in [0.15, 0.2) is 0 Å². The average molecular weight is 639 g/mol. The molecule has 0 spiro atoms. The summed E-state index contributed by atoms with van der Waals surface area (Å²) in [7, 11) is -1.82. The summed E-state index contributed by atoms with van der Waals surface area (Å²) in [6.45, 7) is 1.26. The standard InChI is InChI=1S/C23H42OSi.C16H26O2/c1-23(2,3)25(4,5)21-15-8-6-7-13-19-24-20-14-12-18-22-16-10-9-11-17-22;17-13-7-1-2-8-14-18-15-9-6-12-16-10-4-3-5-11-16/h9-11,16-17H,6-8,12-15,18-21H2,1-5H3;3-5,10-11,17H,1-2,6-9,12-15H2/i9D,12D2,14D2,15D2,16D,17D,18D2,20D2;3D,6D2,9D2,10D,11D,12D2,13D2,15D2. The van der Waals surface area contributed by atoms with Crippen LogP contribution in [0.2, 0.25) is 24.2 Å². The first-order valence-corrected chi connectivity index (χ1v) is 17.9. The fraction of sp³-hybridized carbons (Fsp3) is 0.692. The summed E-state index contributed by atoms with van der Waals surface area (Å²) in [5.74, 6) is 0. The van der Waals surface area contributed by atoms with E-state index in [1.165, 1.54) is 0 Å². The Labute approximate surface area is 304 Å². The summed E-state index contributed by atoms with van der Waals surface area (Å²) in [5.41, 5.74) is -1.57. The van der Waals surface area contributed by atoms with Crippen molar-refractivity contribution in [2.24, 2.45) is 0 Å². The van der Waals surface area contributed by atoms with Crippen molar-refractivity contribution in [1.29, 1.82) is 0 Å². The minimum absolute atomic E-state index is 0.0644.